The minimum Gasteiger partial charge on any atom is -0.454 e. The number of ether oxygens (including phenoxy) is 2. The maximum absolute atomic E-state index is 12.3. The average Bonchev–Trinajstić information content (AvgIpc) is 3.02. The van der Waals surface area contributed by atoms with Crippen molar-refractivity contribution in [2.75, 3.05) is 12.1 Å². The summed E-state index contributed by atoms with van der Waals surface area (Å²) in [6, 6.07) is 11.7. The van der Waals surface area contributed by atoms with Gasteiger partial charge >= 0.3 is 0 Å². The van der Waals surface area contributed by atoms with Crippen molar-refractivity contribution < 1.29 is 14.3 Å². The Morgan fingerprint density at radius 2 is 1.96 bits per heavy atom. The Hall–Kier alpha value is -2.75. The van der Waals surface area contributed by atoms with Gasteiger partial charge in [-0.1, -0.05) is 38.1 Å². The topological polar surface area (TPSA) is 47.6 Å². The summed E-state index contributed by atoms with van der Waals surface area (Å²) >= 11 is 0. The molecule has 0 saturated heterocycles. The van der Waals surface area contributed by atoms with E-state index >= 15 is 0 Å². The molecule has 2 aromatic rings. The summed E-state index contributed by atoms with van der Waals surface area (Å²) in [6.45, 7) is 6.48. The quantitative estimate of drug-likeness (QED) is 0.843. The third-order valence-electron chi connectivity index (χ3n) is 4.00. The summed E-state index contributed by atoms with van der Waals surface area (Å²) in [7, 11) is 0. The highest BCUT2D eigenvalue weighted by atomic mass is 16.7. The molecule has 0 aromatic heterocycles. The number of rotatable bonds is 4. The van der Waals surface area contributed by atoms with Crippen LogP contribution in [-0.2, 0) is 4.79 Å². The van der Waals surface area contributed by atoms with Crippen LogP contribution in [-0.4, -0.2) is 12.7 Å². The van der Waals surface area contributed by atoms with Crippen LogP contribution in [0, 0.1) is 6.92 Å². The van der Waals surface area contributed by atoms with Gasteiger partial charge in [0.25, 0.3) is 0 Å². The molecule has 1 N–H and O–H groups in total. The van der Waals surface area contributed by atoms with Gasteiger partial charge in [-0.15, -0.1) is 0 Å². The SMILES string of the molecule is Cc1cccc(C(C)C)c1NC(=O)/C=C/c1ccc2c(c1)OCO2. The fourth-order valence-corrected chi connectivity index (χ4v) is 2.70. The first-order chi connectivity index (χ1) is 11.5. The molecule has 124 valence electrons. The normalized spacial score (nSPS) is 12.8. The van der Waals surface area contributed by atoms with Crippen molar-refractivity contribution in [2.45, 2.75) is 26.7 Å². The minimum atomic E-state index is -0.149. The van der Waals surface area contributed by atoms with Gasteiger partial charge in [-0.05, 0) is 47.7 Å². The zero-order valence-electron chi connectivity index (χ0n) is 14.1. The molecule has 0 radical (unpaired) electrons. The van der Waals surface area contributed by atoms with Crippen molar-refractivity contribution in [2.24, 2.45) is 0 Å². The van der Waals surface area contributed by atoms with Crippen molar-refractivity contribution in [3.8, 4) is 11.5 Å². The van der Waals surface area contributed by atoms with E-state index in [1.54, 1.807) is 6.08 Å². The number of hydrogen-bond acceptors (Lipinski definition) is 3. The van der Waals surface area contributed by atoms with E-state index in [2.05, 4.69) is 25.2 Å². The van der Waals surface area contributed by atoms with Crippen molar-refractivity contribution in [3.63, 3.8) is 0 Å². The van der Waals surface area contributed by atoms with E-state index in [1.807, 2.05) is 37.3 Å². The molecule has 1 amide bonds. The van der Waals surface area contributed by atoms with Crippen LogP contribution in [0.1, 0.15) is 36.5 Å². The fraction of sp³-hybridized carbons (Fsp3) is 0.250. The van der Waals surface area contributed by atoms with Crippen molar-refractivity contribution in [3.05, 3.63) is 59.2 Å². The molecule has 0 saturated carbocycles. The van der Waals surface area contributed by atoms with Gasteiger partial charge in [0, 0.05) is 11.8 Å². The summed E-state index contributed by atoms with van der Waals surface area (Å²) in [5, 5.41) is 3.00. The Morgan fingerprint density at radius 3 is 2.75 bits per heavy atom. The Kier molecular flexibility index (Phi) is 4.56. The predicted octanol–water partition coefficient (Wildman–Crippen LogP) is 4.50. The molecule has 0 unspecified atom stereocenters. The average molecular weight is 323 g/mol. The second-order valence-electron chi connectivity index (χ2n) is 6.13. The number of fused-ring (bicyclic) bond motifs is 1. The van der Waals surface area contributed by atoms with Gasteiger partial charge in [0.05, 0.1) is 0 Å². The predicted molar refractivity (Wildman–Crippen MR) is 95.5 cm³/mol. The van der Waals surface area contributed by atoms with Crippen LogP contribution in [0.5, 0.6) is 11.5 Å². The zero-order valence-corrected chi connectivity index (χ0v) is 14.1. The zero-order chi connectivity index (χ0) is 17.1. The highest BCUT2D eigenvalue weighted by Crippen LogP contribution is 2.33. The molecule has 1 aliphatic rings. The summed E-state index contributed by atoms with van der Waals surface area (Å²) in [6.07, 6.45) is 3.30. The molecule has 0 atom stereocenters. The van der Waals surface area contributed by atoms with Crippen LogP contribution in [0.4, 0.5) is 5.69 Å². The molecule has 2 aromatic carbocycles. The minimum absolute atomic E-state index is 0.149. The molecule has 4 heteroatoms. The number of hydrogen-bond donors (Lipinski definition) is 1. The molecule has 24 heavy (non-hydrogen) atoms. The van der Waals surface area contributed by atoms with E-state index in [-0.39, 0.29) is 12.7 Å². The summed E-state index contributed by atoms with van der Waals surface area (Å²) in [5.41, 5.74) is 3.99. The van der Waals surface area contributed by atoms with Gasteiger partial charge in [0.1, 0.15) is 0 Å². The first-order valence-corrected chi connectivity index (χ1v) is 8.03. The van der Waals surface area contributed by atoms with Crippen molar-refractivity contribution in [1.82, 2.24) is 0 Å². The smallest absolute Gasteiger partial charge is 0.248 e. The molecular formula is C20H21NO3. The van der Waals surface area contributed by atoms with Crippen LogP contribution in [0.15, 0.2) is 42.5 Å². The van der Waals surface area contributed by atoms with Gasteiger partial charge in [-0.3, -0.25) is 4.79 Å². The maximum atomic E-state index is 12.3. The van der Waals surface area contributed by atoms with Crippen molar-refractivity contribution in [1.29, 1.82) is 0 Å². The molecule has 4 nitrogen and oxygen atoms in total. The highest BCUT2D eigenvalue weighted by molar-refractivity contribution is 6.02. The van der Waals surface area contributed by atoms with Gasteiger partial charge in [-0.25, -0.2) is 0 Å². The van der Waals surface area contributed by atoms with E-state index in [9.17, 15) is 4.79 Å². The van der Waals surface area contributed by atoms with Gasteiger partial charge < -0.3 is 14.8 Å². The summed E-state index contributed by atoms with van der Waals surface area (Å²) in [5.74, 6) is 1.64. The highest BCUT2D eigenvalue weighted by Gasteiger charge is 2.13. The lowest BCUT2D eigenvalue weighted by atomic mass is 9.98. The van der Waals surface area contributed by atoms with Crippen LogP contribution in [0.25, 0.3) is 6.08 Å². The number of carbonyl (C=O) groups is 1. The van der Waals surface area contributed by atoms with E-state index in [0.717, 1.165) is 28.1 Å². The van der Waals surface area contributed by atoms with Gasteiger partial charge in [0.15, 0.2) is 11.5 Å². The molecule has 3 rings (SSSR count). The Balaban J connectivity index is 1.74. The second-order valence-corrected chi connectivity index (χ2v) is 6.13. The van der Waals surface area contributed by atoms with E-state index in [4.69, 9.17) is 9.47 Å². The maximum Gasteiger partial charge on any atom is 0.248 e. The van der Waals surface area contributed by atoms with Crippen LogP contribution in [0.3, 0.4) is 0 Å². The standard InChI is InChI=1S/C20H21NO3/c1-13(2)16-6-4-5-14(3)20(16)21-19(22)10-8-15-7-9-17-18(11-15)24-12-23-17/h4-11,13H,12H2,1-3H3,(H,21,22)/b10-8+. The third-order valence-corrected chi connectivity index (χ3v) is 4.00. The molecule has 0 fully saturated rings. The number of para-hydroxylation sites is 1. The number of nitrogens with one attached hydrogen (secondary N) is 1. The molecule has 1 heterocycles. The van der Waals surface area contributed by atoms with Crippen molar-refractivity contribution >= 4 is 17.7 Å². The Morgan fingerprint density at radius 1 is 1.17 bits per heavy atom. The number of benzene rings is 2. The molecular weight excluding hydrogens is 302 g/mol. The van der Waals surface area contributed by atoms with E-state index < -0.39 is 0 Å². The van der Waals surface area contributed by atoms with E-state index in [0.29, 0.717) is 11.7 Å². The number of carbonyl (C=O) groups excluding carboxylic acids is 1. The fourth-order valence-electron chi connectivity index (χ4n) is 2.70. The first kappa shape index (κ1) is 16.1. The van der Waals surface area contributed by atoms with Crippen LogP contribution < -0.4 is 14.8 Å². The molecule has 0 bridgehead atoms. The number of anilines is 1. The molecule has 0 aliphatic carbocycles. The summed E-state index contributed by atoms with van der Waals surface area (Å²) < 4.78 is 10.6. The number of aryl methyl sites for hydroxylation is 1. The second kappa shape index (κ2) is 6.79. The Bertz CT molecular complexity index is 793. The third kappa shape index (κ3) is 3.43. The lowest BCUT2D eigenvalue weighted by molar-refractivity contribution is -0.111. The van der Waals surface area contributed by atoms with Gasteiger partial charge in [0.2, 0.25) is 12.7 Å². The monoisotopic (exact) mass is 323 g/mol. The van der Waals surface area contributed by atoms with Crippen LogP contribution in [0.2, 0.25) is 0 Å². The van der Waals surface area contributed by atoms with E-state index in [1.165, 1.54) is 6.08 Å². The lowest BCUT2D eigenvalue weighted by Gasteiger charge is -2.15. The molecule has 1 aliphatic heterocycles. The first-order valence-electron chi connectivity index (χ1n) is 8.03. The van der Waals surface area contributed by atoms with Crippen LogP contribution >= 0.6 is 0 Å². The van der Waals surface area contributed by atoms with Gasteiger partial charge in [-0.2, -0.15) is 0 Å². The number of amides is 1. The Labute approximate surface area is 142 Å². The summed E-state index contributed by atoms with van der Waals surface area (Å²) in [4.78, 5) is 12.3. The molecule has 0 spiro atoms. The lowest BCUT2D eigenvalue weighted by Crippen LogP contribution is -2.11. The largest absolute Gasteiger partial charge is 0.454 e.